The van der Waals surface area contributed by atoms with Crippen LogP contribution in [0.1, 0.15) is 37.3 Å². The van der Waals surface area contributed by atoms with Crippen LogP contribution in [0.2, 0.25) is 0 Å². The molecule has 6 nitrogen and oxygen atoms in total. The molecular formula is C23H26CoN2O4. The summed E-state index contributed by atoms with van der Waals surface area (Å²) in [6.45, 7) is 1.08. The van der Waals surface area contributed by atoms with Crippen LogP contribution in [-0.4, -0.2) is 26.8 Å². The Morgan fingerprint density at radius 3 is 2.07 bits per heavy atom. The van der Waals surface area contributed by atoms with Gasteiger partial charge in [0.15, 0.2) is 0 Å². The molecule has 2 aromatic rings. The predicted molar refractivity (Wildman–Crippen MR) is 113 cm³/mol. The van der Waals surface area contributed by atoms with Crippen molar-refractivity contribution in [3.63, 3.8) is 0 Å². The first-order chi connectivity index (χ1) is 13.9. The minimum Gasteiger partial charge on any atom is -0.507 e. The quantitative estimate of drug-likeness (QED) is 0.358. The molecule has 0 aromatic heterocycles. The molecule has 161 valence electrons. The SMILES string of the molecule is CC(=O)O.NNC12CCC(C1)C(=Cc1ccccc1O)C2=Cc1ccccc1O.[Co]. The number of phenols is 2. The van der Waals surface area contributed by atoms with Crippen LogP contribution in [0.15, 0.2) is 59.7 Å². The Morgan fingerprint density at radius 1 is 1.07 bits per heavy atom. The number of fused-ring (bicyclic) bond motifs is 2. The van der Waals surface area contributed by atoms with E-state index in [9.17, 15) is 10.2 Å². The van der Waals surface area contributed by atoms with Crippen LogP contribution in [-0.2, 0) is 21.6 Å². The van der Waals surface area contributed by atoms with Gasteiger partial charge in [0.1, 0.15) is 11.5 Å². The van der Waals surface area contributed by atoms with Crippen molar-refractivity contribution in [2.24, 2.45) is 11.8 Å². The maximum absolute atomic E-state index is 10.2. The van der Waals surface area contributed by atoms with Crippen molar-refractivity contribution in [2.45, 2.75) is 31.7 Å². The first-order valence-electron chi connectivity index (χ1n) is 9.54. The number of carboxylic acids is 1. The molecule has 2 aromatic carbocycles. The van der Waals surface area contributed by atoms with E-state index >= 15 is 0 Å². The van der Waals surface area contributed by atoms with Crippen molar-refractivity contribution in [3.8, 4) is 11.5 Å². The van der Waals surface area contributed by atoms with Crippen LogP contribution in [0.25, 0.3) is 12.2 Å². The minimum atomic E-state index is -0.833. The molecule has 0 amide bonds. The summed E-state index contributed by atoms with van der Waals surface area (Å²) < 4.78 is 0. The van der Waals surface area contributed by atoms with Gasteiger partial charge in [-0.05, 0) is 60.6 Å². The zero-order valence-corrected chi connectivity index (χ0v) is 17.7. The number of aliphatic carboxylic acids is 1. The summed E-state index contributed by atoms with van der Waals surface area (Å²) >= 11 is 0. The first-order valence-corrected chi connectivity index (χ1v) is 9.54. The third-order valence-electron chi connectivity index (χ3n) is 5.54. The number of rotatable bonds is 3. The third kappa shape index (κ3) is 4.93. The molecule has 2 aliphatic rings. The zero-order valence-electron chi connectivity index (χ0n) is 16.6. The molecule has 6 N–H and O–H groups in total. The van der Waals surface area contributed by atoms with Gasteiger partial charge in [0.05, 0.1) is 5.54 Å². The number of hydrogen-bond donors (Lipinski definition) is 5. The number of benzene rings is 2. The van der Waals surface area contributed by atoms with E-state index in [2.05, 4.69) is 11.5 Å². The van der Waals surface area contributed by atoms with Crippen LogP contribution < -0.4 is 11.3 Å². The summed E-state index contributed by atoms with van der Waals surface area (Å²) in [5.74, 6) is 6.05. The fraction of sp³-hybridized carbons (Fsp3) is 0.261. The molecule has 2 unspecified atom stereocenters. The summed E-state index contributed by atoms with van der Waals surface area (Å²) in [7, 11) is 0. The van der Waals surface area contributed by atoms with Gasteiger partial charge in [-0.2, -0.15) is 0 Å². The fourth-order valence-electron chi connectivity index (χ4n) is 4.22. The van der Waals surface area contributed by atoms with Gasteiger partial charge in [-0.15, -0.1) is 0 Å². The van der Waals surface area contributed by atoms with E-state index < -0.39 is 5.97 Å². The summed E-state index contributed by atoms with van der Waals surface area (Å²) in [6.07, 6.45) is 7.08. The Balaban J connectivity index is 0.000000591. The van der Waals surface area contributed by atoms with Crippen LogP contribution in [0.5, 0.6) is 11.5 Å². The van der Waals surface area contributed by atoms with Crippen LogP contribution in [0, 0.1) is 5.92 Å². The smallest absolute Gasteiger partial charge is 0.300 e. The second-order valence-corrected chi connectivity index (χ2v) is 7.46. The number of carboxylic acid groups (broad SMARTS) is 1. The second kappa shape index (κ2) is 9.95. The topological polar surface area (TPSA) is 116 Å². The van der Waals surface area contributed by atoms with Gasteiger partial charge in [0, 0.05) is 34.8 Å². The third-order valence-corrected chi connectivity index (χ3v) is 5.54. The van der Waals surface area contributed by atoms with Gasteiger partial charge >= 0.3 is 0 Å². The molecular weight excluding hydrogens is 427 g/mol. The van der Waals surface area contributed by atoms with Gasteiger partial charge < -0.3 is 15.3 Å². The molecule has 2 aliphatic carbocycles. The van der Waals surface area contributed by atoms with Gasteiger partial charge in [-0.25, -0.2) is 5.43 Å². The van der Waals surface area contributed by atoms with E-state index in [0.717, 1.165) is 42.9 Å². The van der Waals surface area contributed by atoms with Crippen LogP contribution in [0.3, 0.4) is 0 Å². The standard InChI is InChI=1S/C21H22N2O2.C2H4O2.Co/c22-23-21-10-9-16(13-21)17(11-14-5-1-3-7-19(14)24)18(21)12-15-6-2-4-8-20(15)25;1-2(3)4;/h1-8,11-12,16,23-25H,9-10,13,22H2;1H3,(H,3,4);. The predicted octanol–water partition coefficient (Wildman–Crippen LogP) is 3.67. The Kier molecular flexibility index (Phi) is 7.86. The maximum atomic E-state index is 10.2. The monoisotopic (exact) mass is 453 g/mol. The van der Waals surface area contributed by atoms with Gasteiger partial charge in [0.25, 0.3) is 5.97 Å². The van der Waals surface area contributed by atoms with Crippen molar-refractivity contribution < 1.29 is 36.9 Å². The number of aromatic hydroxyl groups is 2. The van der Waals surface area contributed by atoms with Gasteiger partial charge in [-0.1, -0.05) is 36.4 Å². The van der Waals surface area contributed by atoms with Crippen LogP contribution >= 0.6 is 0 Å². The molecule has 1 radical (unpaired) electrons. The average Bonchev–Trinajstić information content (AvgIpc) is 3.23. The summed E-state index contributed by atoms with van der Waals surface area (Å²) in [6, 6.07) is 14.7. The van der Waals surface area contributed by atoms with Gasteiger partial charge in [0.2, 0.25) is 0 Å². The van der Waals surface area contributed by atoms with Crippen molar-refractivity contribution >= 4 is 18.1 Å². The molecule has 2 atom stereocenters. The first kappa shape index (κ1) is 23.7. The van der Waals surface area contributed by atoms with Crippen LogP contribution in [0.4, 0.5) is 0 Å². The molecule has 0 saturated heterocycles. The van der Waals surface area contributed by atoms with Crippen molar-refractivity contribution in [3.05, 3.63) is 70.8 Å². The average molecular weight is 453 g/mol. The largest absolute Gasteiger partial charge is 0.507 e. The number of hydrogen-bond acceptors (Lipinski definition) is 5. The van der Waals surface area contributed by atoms with Crippen molar-refractivity contribution in [2.75, 3.05) is 0 Å². The number of phenolic OH excluding ortho intramolecular Hbond substituents is 2. The second-order valence-electron chi connectivity index (χ2n) is 7.46. The molecule has 4 rings (SSSR count). The Morgan fingerprint density at radius 2 is 1.57 bits per heavy atom. The molecule has 2 bridgehead atoms. The molecule has 0 heterocycles. The molecule has 7 heteroatoms. The zero-order chi connectivity index (χ0) is 21.0. The Bertz CT molecular complexity index is 969. The minimum absolute atomic E-state index is 0. The summed E-state index contributed by atoms with van der Waals surface area (Å²) in [5.41, 5.74) is 6.66. The van der Waals surface area contributed by atoms with E-state index in [4.69, 9.17) is 15.7 Å². The number of nitrogens with two attached hydrogens (primary N) is 1. The Hall–Kier alpha value is -2.58. The van der Waals surface area contributed by atoms with Gasteiger partial charge in [-0.3, -0.25) is 10.6 Å². The van der Waals surface area contributed by atoms with E-state index in [1.165, 1.54) is 5.57 Å². The van der Waals surface area contributed by atoms with E-state index in [-0.39, 0.29) is 33.8 Å². The van der Waals surface area contributed by atoms with Crippen molar-refractivity contribution in [1.82, 2.24) is 5.43 Å². The normalized spacial score (nSPS) is 24.3. The molecule has 0 spiro atoms. The molecule has 0 aliphatic heterocycles. The van der Waals surface area contributed by atoms with E-state index in [1.807, 2.05) is 42.5 Å². The number of hydrazine groups is 1. The molecule has 2 fully saturated rings. The summed E-state index contributed by atoms with van der Waals surface area (Å²) in [5, 5.41) is 27.7. The maximum Gasteiger partial charge on any atom is 0.300 e. The number of para-hydroxylation sites is 2. The molecule has 30 heavy (non-hydrogen) atoms. The fourth-order valence-corrected chi connectivity index (χ4v) is 4.22. The van der Waals surface area contributed by atoms with E-state index in [0.29, 0.717) is 5.92 Å². The van der Waals surface area contributed by atoms with E-state index in [1.54, 1.807) is 12.1 Å². The molecule has 2 saturated carbocycles. The Labute approximate surface area is 186 Å². The summed E-state index contributed by atoms with van der Waals surface area (Å²) in [4.78, 5) is 9.00. The number of nitrogens with one attached hydrogen (secondary N) is 1. The number of carbonyl (C=O) groups is 1. The van der Waals surface area contributed by atoms with Crippen molar-refractivity contribution in [1.29, 1.82) is 0 Å².